The average Bonchev–Trinajstić information content (AvgIpc) is 2.39. The molecular weight excluding hydrogens is 190 g/mol. The fraction of sp³-hybridized carbons (Fsp3) is 0.714. The van der Waals surface area contributed by atoms with E-state index in [0.717, 1.165) is 18.4 Å². The predicted octanol–water partition coefficient (Wildman–Crippen LogP) is 0.0822. The maximum atomic E-state index is 11.2. The first kappa shape index (κ1) is 8.83. The summed E-state index contributed by atoms with van der Waals surface area (Å²) in [5, 5.41) is 7.60. The Morgan fingerprint density at radius 1 is 1.77 bits per heavy atom. The molecule has 0 aromatic carbocycles. The van der Waals surface area contributed by atoms with E-state index in [-0.39, 0.29) is 5.69 Å². The summed E-state index contributed by atoms with van der Waals surface area (Å²) in [4.78, 5) is 11.2. The minimum atomic E-state index is -0.134. The monoisotopic (exact) mass is 201 g/mol. The maximum Gasteiger partial charge on any atom is 0.343 e. The Bertz CT molecular complexity index is 342. The third-order valence-corrected chi connectivity index (χ3v) is 3.05. The first-order chi connectivity index (χ1) is 6.31. The molecule has 0 saturated carbocycles. The Labute approximate surface area is 79.5 Å². The lowest BCUT2D eigenvalue weighted by Crippen LogP contribution is -2.30. The van der Waals surface area contributed by atoms with Gasteiger partial charge in [0.25, 0.3) is 0 Å². The van der Waals surface area contributed by atoms with Gasteiger partial charge in [0.15, 0.2) is 5.16 Å². The van der Waals surface area contributed by atoms with Crippen molar-refractivity contribution in [2.75, 3.05) is 13.2 Å². The number of nitrogens with one attached hydrogen (secondary N) is 1. The van der Waals surface area contributed by atoms with Crippen LogP contribution in [0.5, 0.6) is 0 Å². The molecule has 2 heterocycles. The van der Waals surface area contributed by atoms with Gasteiger partial charge >= 0.3 is 5.69 Å². The summed E-state index contributed by atoms with van der Waals surface area (Å²) in [6.45, 7) is 4.11. The summed E-state index contributed by atoms with van der Waals surface area (Å²) in [6, 6.07) is 0. The van der Waals surface area contributed by atoms with Crippen LogP contribution in [0.25, 0.3) is 0 Å². The smallest absolute Gasteiger partial charge is 0.343 e. The van der Waals surface area contributed by atoms with Crippen molar-refractivity contribution in [3.63, 3.8) is 0 Å². The van der Waals surface area contributed by atoms with Gasteiger partial charge in [-0.2, -0.15) is 0 Å². The van der Waals surface area contributed by atoms with Gasteiger partial charge in [-0.1, -0.05) is 11.8 Å². The molecule has 1 aromatic heterocycles. The second-order valence-electron chi connectivity index (χ2n) is 2.83. The van der Waals surface area contributed by atoms with Gasteiger partial charge in [0.05, 0.1) is 18.5 Å². The van der Waals surface area contributed by atoms with E-state index < -0.39 is 0 Å². The van der Waals surface area contributed by atoms with Crippen molar-refractivity contribution < 1.29 is 4.74 Å². The highest BCUT2D eigenvalue weighted by molar-refractivity contribution is 7.99. The summed E-state index contributed by atoms with van der Waals surface area (Å²) in [5.74, 6) is 0. The topological polar surface area (TPSA) is 59.9 Å². The van der Waals surface area contributed by atoms with Crippen LogP contribution < -0.4 is 5.69 Å². The highest BCUT2D eigenvalue weighted by Crippen LogP contribution is 2.25. The van der Waals surface area contributed by atoms with Crippen LogP contribution in [0.2, 0.25) is 0 Å². The van der Waals surface area contributed by atoms with Gasteiger partial charge in [0.1, 0.15) is 0 Å². The van der Waals surface area contributed by atoms with Crippen LogP contribution in [0, 0.1) is 0 Å². The molecule has 1 aliphatic heterocycles. The minimum Gasteiger partial charge on any atom is -0.379 e. The molecule has 1 fully saturated rings. The fourth-order valence-electron chi connectivity index (χ4n) is 1.10. The Balaban J connectivity index is 2.14. The largest absolute Gasteiger partial charge is 0.379 e. The van der Waals surface area contributed by atoms with Gasteiger partial charge in [0.2, 0.25) is 0 Å². The van der Waals surface area contributed by atoms with Crippen molar-refractivity contribution in [1.82, 2.24) is 14.8 Å². The highest BCUT2D eigenvalue weighted by atomic mass is 32.2. The minimum absolute atomic E-state index is 0.134. The van der Waals surface area contributed by atoms with E-state index in [4.69, 9.17) is 4.74 Å². The molecule has 1 N–H and O–H groups in total. The molecule has 1 saturated heterocycles. The number of rotatable bonds is 3. The lowest BCUT2D eigenvalue weighted by atomic mass is 10.4. The van der Waals surface area contributed by atoms with Crippen molar-refractivity contribution in [2.45, 2.75) is 23.9 Å². The van der Waals surface area contributed by atoms with Crippen molar-refractivity contribution in [1.29, 1.82) is 0 Å². The van der Waals surface area contributed by atoms with Crippen LogP contribution >= 0.6 is 11.8 Å². The van der Waals surface area contributed by atoms with Gasteiger partial charge in [0, 0.05) is 6.54 Å². The van der Waals surface area contributed by atoms with Gasteiger partial charge in [-0.3, -0.25) is 4.57 Å². The lowest BCUT2D eigenvalue weighted by Gasteiger charge is -2.24. The summed E-state index contributed by atoms with van der Waals surface area (Å²) in [5.41, 5.74) is -0.134. The summed E-state index contributed by atoms with van der Waals surface area (Å²) < 4.78 is 6.67. The van der Waals surface area contributed by atoms with Crippen LogP contribution in [0.3, 0.4) is 0 Å². The normalized spacial score (nSPS) is 17.3. The molecule has 1 aromatic rings. The van der Waals surface area contributed by atoms with E-state index in [0.29, 0.717) is 11.8 Å². The van der Waals surface area contributed by atoms with E-state index in [1.807, 2.05) is 6.92 Å². The Morgan fingerprint density at radius 3 is 3.08 bits per heavy atom. The zero-order valence-corrected chi connectivity index (χ0v) is 8.13. The third-order valence-electron chi connectivity index (χ3n) is 1.92. The molecule has 5 nitrogen and oxygen atoms in total. The van der Waals surface area contributed by atoms with Crippen molar-refractivity contribution in [3.05, 3.63) is 10.5 Å². The van der Waals surface area contributed by atoms with Crippen LogP contribution in [0.15, 0.2) is 9.95 Å². The highest BCUT2D eigenvalue weighted by Gasteiger charge is 2.22. The lowest BCUT2D eigenvalue weighted by molar-refractivity contribution is 0.0453. The fourth-order valence-corrected chi connectivity index (χ4v) is 2.17. The van der Waals surface area contributed by atoms with Crippen LogP contribution in [0.1, 0.15) is 6.92 Å². The molecule has 6 heteroatoms. The molecule has 72 valence electrons. The number of nitrogens with zero attached hydrogens (tertiary/aromatic N) is 2. The first-order valence-electron chi connectivity index (χ1n) is 4.21. The molecule has 0 bridgehead atoms. The number of hydrogen-bond acceptors (Lipinski definition) is 4. The van der Waals surface area contributed by atoms with Crippen LogP contribution in [-0.4, -0.2) is 33.2 Å². The summed E-state index contributed by atoms with van der Waals surface area (Å²) in [6.07, 6.45) is 0. The molecule has 0 aliphatic carbocycles. The number of H-pyrrole nitrogens is 1. The molecule has 1 aliphatic rings. The molecule has 0 amide bonds. The molecular formula is C7H11N3O2S. The van der Waals surface area contributed by atoms with Gasteiger partial charge in [-0.25, -0.2) is 9.89 Å². The number of ether oxygens (including phenoxy) is 1. The second-order valence-corrected chi connectivity index (χ2v) is 4.10. The van der Waals surface area contributed by atoms with Crippen LogP contribution in [-0.2, 0) is 11.3 Å². The van der Waals surface area contributed by atoms with Crippen molar-refractivity contribution >= 4 is 11.8 Å². The maximum absolute atomic E-state index is 11.2. The number of thioether (sulfide) groups is 1. The van der Waals surface area contributed by atoms with E-state index in [2.05, 4.69) is 10.2 Å². The molecule has 0 radical (unpaired) electrons. The molecule has 0 spiro atoms. The zero-order valence-electron chi connectivity index (χ0n) is 7.32. The molecule has 0 atom stereocenters. The van der Waals surface area contributed by atoms with Crippen molar-refractivity contribution in [3.8, 4) is 0 Å². The molecule has 13 heavy (non-hydrogen) atoms. The third kappa shape index (κ3) is 1.64. The summed E-state index contributed by atoms with van der Waals surface area (Å²) >= 11 is 1.60. The van der Waals surface area contributed by atoms with E-state index in [1.165, 1.54) is 0 Å². The number of aromatic nitrogens is 3. The van der Waals surface area contributed by atoms with Gasteiger partial charge < -0.3 is 4.74 Å². The quantitative estimate of drug-likeness (QED) is 0.752. The van der Waals surface area contributed by atoms with E-state index in [1.54, 1.807) is 16.3 Å². The average molecular weight is 201 g/mol. The van der Waals surface area contributed by atoms with Crippen molar-refractivity contribution in [2.24, 2.45) is 0 Å². The van der Waals surface area contributed by atoms with Gasteiger partial charge in [-0.05, 0) is 6.92 Å². The predicted molar refractivity (Wildman–Crippen MR) is 49.0 cm³/mol. The van der Waals surface area contributed by atoms with Crippen LogP contribution in [0.4, 0.5) is 0 Å². The first-order valence-corrected chi connectivity index (χ1v) is 5.09. The SMILES string of the molecule is CCn1c(SC2COC2)n[nH]c1=O. The summed E-state index contributed by atoms with van der Waals surface area (Å²) in [7, 11) is 0. The Hall–Kier alpha value is -0.750. The number of aromatic amines is 1. The van der Waals surface area contributed by atoms with E-state index in [9.17, 15) is 4.79 Å². The number of hydrogen-bond donors (Lipinski definition) is 1. The Morgan fingerprint density at radius 2 is 2.54 bits per heavy atom. The Kier molecular flexibility index (Phi) is 2.41. The standard InChI is InChI=1S/C7H11N3O2S/c1-2-10-6(11)8-9-7(10)13-5-3-12-4-5/h5H,2-4H2,1H3,(H,8,11). The molecule has 2 rings (SSSR count). The van der Waals surface area contributed by atoms with Gasteiger partial charge in [-0.15, -0.1) is 5.10 Å². The zero-order chi connectivity index (χ0) is 9.26. The second kappa shape index (κ2) is 3.55. The molecule has 0 unspecified atom stereocenters. The van der Waals surface area contributed by atoms with E-state index >= 15 is 0 Å².